The number of likely N-dealkylation sites (tertiary alicyclic amines) is 1. The van der Waals surface area contributed by atoms with Crippen molar-refractivity contribution in [1.82, 2.24) is 14.5 Å². The number of methoxy groups -OCH3 is 1. The van der Waals surface area contributed by atoms with Crippen LogP contribution in [0.3, 0.4) is 0 Å². The SMILES string of the molecule is COc1ccc2c(c1)[nH]c(=O)n2C1CCCCN1C. The third-order valence-electron chi connectivity index (χ3n) is 3.95. The van der Waals surface area contributed by atoms with Crippen LogP contribution in [-0.4, -0.2) is 35.2 Å². The number of imidazole rings is 1. The van der Waals surface area contributed by atoms with Crippen LogP contribution in [0.4, 0.5) is 0 Å². The smallest absolute Gasteiger partial charge is 0.327 e. The van der Waals surface area contributed by atoms with Crippen LogP contribution in [0.15, 0.2) is 23.0 Å². The molecule has 1 unspecified atom stereocenters. The first-order valence-corrected chi connectivity index (χ1v) is 6.69. The predicted octanol–water partition coefficient (Wildman–Crippen LogP) is 1.95. The number of aromatic nitrogens is 2. The van der Waals surface area contributed by atoms with Crippen molar-refractivity contribution in [2.45, 2.75) is 25.4 Å². The molecule has 0 saturated carbocycles. The van der Waals surface area contributed by atoms with Crippen LogP contribution in [0.1, 0.15) is 25.4 Å². The maximum Gasteiger partial charge on any atom is 0.327 e. The maximum absolute atomic E-state index is 12.2. The van der Waals surface area contributed by atoms with Crippen LogP contribution in [-0.2, 0) is 0 Å². The van der Waals surface area contributed by atoms with E-state index in [2.05, 4.69) is 16.9 Å². The van der Waals surface area contributed by atoms with Gasteiger partial charge >= 0.3 is 5.69 Å². The van der Waals surface area contributed by atoms with Gasteiger partial charge in [-0.15, -0.1) is 0 Å². The molecule has 102 valence electrons. The number of rotatable bonds is 2. The molecular weight excluding hydrogens is 242 g/mol. The minimum atomic E-state index is -0.0398. The minimum Gasteiger partial charge on any atom is -0.497 e. The van der Waals surface area contributed by atoms with Crippen molar-refractivity contribution in [2.24, 2.45) is 0 Å². The largest absolute Gasteiger partial charge is 0.497 e. The Balaban J connectivity index is 2.12. The number of benzene rings is 1. The molecule has 5 nitrogen and oxygen atoms in total. The van der Waals surface area contributed by atoms with Gasteiger partial charge in [0.25, 0.3) is 0 Å². The maximum atomic E-state index is 12.2. The van der Waals surface area contributed by atoms with Gasteiger partial charge < -0.3 is 9.72 Å². The quantitative estimate of drug-likeness (QED) is 0.899. The number of nitrogens with zero attached hydrogens (tertiary/aromatic N) is 2. The molecule has 5 heteroatoms. The lowest BCUT2D eigenvalue weighted by molar-refractivity contribution is 0.128. The number of fused-ring (bicyclic) bond motifs is 1. The molecule has 1 aliphatic heterocycles. The molecule has 0 bridgehead atoms. The first-order valence-electron chi connectivity index (χ1n) is 6.69. The van der Waals surface area contributed by atoms with Crippen LogP contribution in [0.5, 0.6) is 5.75 Å². The zero-order chi connectivity index (χ0) is 13.4. The van der Waals surface area contributed by atoms with E-state index in [9.17, 15) is 4.79 Å². The Bertz CT molecular complexity index is 644. The van der Waals surface area contributed by atoms with Crippen molar-refractivity contribution in [3.05, 3.63) is 28.7 Å². The second kappa shape index (κ2) is 4.74. The summed E-state index contributed by atoms with van der Waals surface area (Å²) >= 11 is 0. The molecule has 2 aromatic rings. The zero-order valence-electron chi connectivity index (χ0n) is 11.3. The summed E-state index contributed by atoms with van der Waals surface area (Å²) in [5, 5.41) is 0. The van der Waals surface area contributed by atoms with Crippen molar-refractivity contribution in [3.8, 4) is 5.75 Å². The monoisotopic (exact) mass is 261 g/mol. The zero-order valence-corrected chi connectivity index (χ0v) is 11.3. The third-order valence-corrected chi connectivity index (χ3v) is 3.95. The van der Waals surface area contributed by atoms with Crippen LogP contribution in [0.25, 0.3) is 11.0 Å². The number of piperidine rings is 1. The van der Waals surface area contributed by atoms with E-state index < -0.39 is 0 Å². The Morgan fingerprint density at radius 2 is 2.21 bits per heavy atom. The Kier molecular flexibility index (Phi) is 3.06. The molecule has 0 amide bonds. The van der Waals surface area contributed by atoms with Crippen molar-refractivity contribution < 1.29 is 4.74 Å². The lowest BCUT2D eigenvalue weighted by Crippen LogP contribution is -2.37. The predicted molar refractivity (Wildman–Crippen MR) is 74.6 cm³/mol. The molecule has 1 aromatic heterocycles. The van der Waals surface area contributed by atoms with Crippen LogP contribution >= 0.6 is 0 Å². The molecule has 19 heavy (non-hydrogen) atoms. The van der Waals surface area contributed by atoms with Gasteiger partial charge in [-0.1, -0.05) is 0 Å². The van der Waals surface area contributed by atoms with Gasteiger partial charge in [0.05, 0.1) is 24.3 Å². The highest BCUT2D eigenvalue weighted by molar-refractivity contribution is 5.77. The Morgan fingerprint density at radius 1 is 1.37 bits per heavy atom. The number of hydrogen-bond donors (Lipinski definition) is 1. The lowest BCUT2D eigenvalue weighted by atomic mass is 10.1. The van der Waals surface area contributed by atoms with E-state index in [-0.39, 0.29) is 11.9 Å². The molecule has 2 heterocycles. The average molecular weight is 261 g/mol. The fourth-order valence-electron chi connectivity index (χ4n) is 2.92. The number of ether oxygens (including phenoxy) is 1. The fourth-order valence-corrected chi connectivity index (χ4v) is 2.92. The summed E-state index contributed by atoms with van der Waals surface area (Å²) in [6, 6.07) is 5.72. The van der Waals surface area contributed by atoms with Gasteiger partial charge in [-0.05, 0) is 45.0 Å². The van der Waals surface area contributed by atoms with Crippen LogP contribution in [0, 0.1) is 0 Å². The molecule has 1 atom stereocenters. The molecule has 1 aliphatic rings. The third kappa shape index (κ3) is 2.04. The second-order valence-corrected chi connectivity index (χ2v) is 5.14. The van der Waals surface area contributed by atoms with E-state index in [0.29, 0.717) is 0 Å². The molecule has 1 fully saturated rings. The number of aromatic amines is 1. The van der Waals surface area contributed by atoms with E-state index in [1.807, 2.05) is 22.8 Å². The number of H-pyrrole nitrogens is 1. The van der Waals surface area contributed by atoms with Gasteiger partial charge in [-0.3, -0.25) is 9.47 Å². The van der Waals surface area contributed by atoms with E-state index >= 15 is 0 Å². The second-order valence-electron chi connectivity index (χ2n) is 5.14. The fraction of sp³-hybridized carbons (Fsp3) is 0.500. The van der Waals surface area contributed by atoms with Crippen LogP contribution < -0.4 is 10.4 Å². The standard InChI is InChI=1S/C14H19N3O2/c1-16-8-4-3-5-13(16)17-12-7-6-10(19-2)9-11(12)15-14(17)18/h6-7,9,13H,3-5,8H2,1-2H3,(H,15,18). The molecule has 1 saturated heterocycles. The van der Waals surface area contributed by atoms with Crippen molar-refractivity contribution in [1.29, 1.82) is 0 Å². The number of hydrogen-bond acceptors (Lipinski definition) is 3. The van der Waals surface area contributed by atoms with Gasteiger partial charge in [0.15, 0.2) is 0 Å². The Labute approximate surface area is 111 Å². The van der Waals surface area contributed by atoms with Gasteiger partial charge in [0.2, 0.25) is 0 Å². The molecule has 0 spiro atoms. The van der Waals surface area contributed by atoms with E-state index in [4.69, 9.17) is 4.74 Å². The lowest BCUT2D eigenvalue weighted by Gasteiger charge is -2.33. The summed E-state index contributed by atoms with van der Waals surface area (Å²) in [6.07, 6.45) is 3.56. The molecule has 3 rings (SSSR count). The highest BCUT2D eigenvalue weighted by Gasteiger charge is 2.23. The van der Waals surface area contributed by atoms with E-state index in [1.165, 1.54) is 12.8 Å². The topological polar surface area (TPSA) is 50.3 Å². The van der Waals surface area contributed by atoms with Gasteiger partial charge in [-0.25, -0.2) is 4.79 Å². The summed E-state index contributed by atoms with van der Waals surface area (Å²) in [7, 11) is 3.71. The normalized spacial score (nSPS) is 20.8. The summed E-state index contributed by atoms with van der Waals surface area (Å²) in [6.45, 7) is 1.04. The van der Waals surface area contributed by atoms with E-state index in [1.54, 1.807) is 7.11 Å². The minimum absolute atomic E-state index is 0.0398. The number of nitrogens with one attached hydrogen (secondary N) is 1. The first kappa shape index (κ1) is 12.3. The molecule has 0 aliphatic carbocycles. The van der Waals surface area contributed by atoms with Crippen molar-refractivity contribution >= 4 is 11.0 Å². The summed E-state index contributed by atoms with van der Waals surface area (Å²) < 4.78 is 7.07. The van der Waals surface area contributed by atoms with Crippen LogP contribution in [0.2, 0.25) is 0 Å². The molecular formula is C14H19N3O2. The van der Waals surface area contributed by atoms with Gasteiger partial charge in [0.1, 0.15) is 5.75 Å². The molecule has 0 radical (unpaired) electrons. The Hall–Kier alpha value is -1.75. The molecule has 1 N–H and O–H groups in total. The Morgan fingerprint density at radius 3 is 2.95 bits per heavy atom. The van der Waals surface area contributed by atoms with Crippen molar-refractivity contribution in [2.75, 3.05) is 20.7 Å². The molecule has 1 aromatic carbocycles. The van der Waals surface area contributed by atoms with Gasteiger partial charge in [-0.2, -0.15) is 0 Å². The summed E-state index contributed by atoms with van der Waals surface area (Å²) in [5.74, 6) is 0.762. The highest BCUT2D eigenvalue weighted by Crippen LogP contribution is 2.27. The highest BCUT2D eigenvalue weighted by atomic mass is 16.5. The average Bonchev–Trinajstić information content (AvgIpc) is 2.74. The summed E-state index contributed by atoms with van der Waals surface area (Å²) in [4.78, 5) is 17.4. The van der Waals surface area contributed by atoms with E-state index in [0.717, 1.165) is 29.7 Å². The van der Waals surface area contributed by atoms with Crippen molar-refractivity contribution in [3.63, 3.8) is 0 Å². The first-order chi connectivity index (χ1) is 9.20. The summed E-state index contributed by atoms with van der Waals surface area (Å²) in [5.41, 5.74) is 1.75. The van der Waals surface area contributed by atoms with Gasteiger partial charge in [0, 0.05) is 6.07 Å².